The van der Waals surface area contributed by atoms with E-state index in [1.54, 1.807) is 0 Å². The number of amides is 2. The van der Waals surface area contributed by atoms with Crippen molar-refractivity contribution in [3.05, 3.63) is 34.3 Å². The van der Waals surface area contributed by atoms with Gasteiger partial charge in [0, 0.05) is 17.3 Å². The quantitative estimate of drug-likeness (QED) is 0.886. The highest BCUT2D eigenvalue weighted by Gasteiger charge is 2.26. The van der Waals surface area contributed by atoms with E-state index >= 15 is 0 Å². The van der Waals surface area contributed by atoms with Crippen LogP contribution in [0, 0.1) is 0 Å². The second kappa shape index (κ2) is 5.75. The highest BCUT2D eigenvalue weighted by atomic mass is 79.9. The van der Waals surface area contributed by atoms with Gasteiger partial charge in [0.15, 0.2) is 0 Å². The molecule has 0 aromatic heterocycles. The molecule has 2 amide bonds. The average Bonchev–Trinajstić information content (AvgIpc) is 2.39. The van der Waals surface area contributed by atoms with E-state index in [2.05, 4.69) is 31.8 Å². The predicted octanol–water partition coefficient (Wildman–Crippen LogP) is 2.07. The average molecular weight is 338 g/mol. The predicted molar refractivity (Wildman–Crippen MR) is 80.1 cm³/mol. The monoisotopic (exact) mass is 337 g/mol. The third-order valence-corrected chi connectivity index (χ3v) is 3.69. The maximum absolute atomic E-state index is 12.2. The van der Waals surface area contributed by atoms with Crippen molar-refractivity contribution in [2.45, 2.75) is 32.2 Å². The Morgan fingerprint density at radius 1 is 1.30 bits per heavy atom. The molecular formula is C14H16BrN3O2. The van der Waals surface area contributed by atoms with Gasteiger partial charge in [0.2, 0.25) is 5.91 Å². The molecule has 0 unspecified atom stereocenters. The molecule has 20 heavy (non-hydrogen) atoms. The topological polar surface area (TPSA) is 70.6 Å². The molecule has 1 heterocycles. The largest absolute Gasteiger partial charge is 0.342 e. The maximum atomic E-state index is 12.2. The van der Waals surface area contributed by atoms with Crippen molar-refractivity contribution in [3.8, 4) is 0 Å². The Morgan fingerprint density at radius 3 is 2.50 bits per heavy atom. The van der Waals surface area contributed by atoms with Gasteiger partial charge >= 0.3 is 0 Å². The van der Waals surface area contributed by atoms with Crippen LogP contribution in [0.25, 0.3) is 0 Å². The van der Waals surface area contributed by atoms with Gasteiger partial charge in [-0.3, -0.25) is 9.59 Å². The third-order valence-electron chi connectivity index (χ3n) is 3.16. The summed E-state index contributed by atoms with van der Waals surface area (Å²) in [6.45, 7) is 3.85. The molecule has 1 aromatic rings. The van der Waals surface area contributed by atoms with Crippen LogP contribution in [-0.2, 0) is 15.1 Å². The molecule has 0 fully saturated rings. The van der Waals surface area contributed by atoms with Crippen molar-refractivity contribution in [2.24, 2.45) is 5.10 Å². The molecule has 2 N–H and O–H groups in total. The fourth-order valence-electron chi connectivity index (χ4n) is 1.93. The minimum absolute atomic E-state index is 0.159. The van der Waals surface area contributed by atoms with Crippen LogP contribution in [0.5, 0.6) is 0 Å². The number of hydrogen-bond acceptors (Lipinski definition) is 3. The number of nitrogens with zero attached hydrogens (tertiary/aromatic N) is 1. The fraction of sp³-hybridized carbons (Fsp3) is 0.357. The number of carbonyl (C=O) groups excluding carboxylic acids is 2. The number of benzene rings is 1. The summed E-state index contributed by atoms with van der Waals surface area (Å²) < 4.78 is 0.989. The summed E-state index contributed by atoms with van der Waals surface area (Å²) in [5.41, 5.74) is 3.17. The van der Waals surface area contributed by atoms with Crippen LogP contribution >= 0.6 is 15.9 Å². The van der Waals surface area contributed by atoms with Gasteiger partial charge in [-0.25, -0.2) is 5.43 Å². The molecule has 0 bridgehead atoms. The molecule has 1 aliphatic rings. The normalized spacial score (nSPS) is 15.3. The van der Waals surface area contributed by atoms with Gasteiger partial charge in [0.1, 0.15) is 5.71 Å². The molecule has 1 aliphatic heterocycles. The Kier molecular flexibility index (Phi) is 4.23. The van der Waals surface area contributed by atoms with Crippen molar-refractivity contribution < 1.29 is 9.59 Å². The van der Waals surface area contributed by atoms with E-state index in [0.717, 1.165) is 10.0 Å². The van der Waals surface area contributed by atoms with Gasteiger partial charge in [-0.15, -0.1) is 0 Å². The first-order valence-corrected chi connectivity index (χ1v) is 7.12. The van der Waals surface area contributed by atoms with Crippen LogP contribution in [0.2, 0.25) is 0 Å². The van der Waals surface area contributed by atoms with Crippen LogP contribution < -0.4 is 10.7 Å². The second-order valence-electron chi connectivity index (χ2n) is 5.18. The molecule has 0 atom stereocenters. The summed E-state index contributed by atoms with van der Waals surface area (Å²) in [7, 11) is 0. The molecule has 1 aromatic carbocycles. The van der Waals surface area contributed by atoms with E-state index in [1.807, 2.05) is 38.1 Å². The summed E-state index contributed by atoms with van der Waals surface area (Å²) in [5.74, 6) is -0.411. The zero-order chi connectivity index (χ0) is 14.8. The SMILES string of the molecule is CC(C)(NC(=O)C1=NNC(=O)CC1)c1ccc(Br)cc1. The number of halogens is 1. The van der Waals surface area contributed by atoms with Gasteiger partial charge in [-0.2, -0.15) is 5.10 Å². The lowest BCUT2D eigenvalue weighted by Gasteiger charge is -2.27. The molecule has 106 valence electrons. The molecular weight excluding hydrogens is 322 g/mol. The van der Waals surface area contributed by atoms with E-state index < -0.39 is 5.54 Å². The van der Waals surface area contributed by atoms with Gasteiger partial charge in [0.25, 0.3) is 5.91 Å². The highest BCUT2D eigenvalue weighted by molar-refractivity contribution is 9.10. The van der Waals surface area contributed by atoms with Gasteiger partial charge in [-0.05, 0) is 31.5 Å². The van der Waals surface area contributed by atoms with Crippen LogP contribution in [-0.4, -0.2) is 17.5 Å². The molecule has 0 saturated carbocycles. The van der Waals surface area contributed by atoms with Crippen molar-refractivity contribution in [1.29, 1.82) is 0 Å². The van der Waals surface area contributed by atoms with Crippen molar-refractivity contribution in [1.82, 2.24) is 10.7 Å². The van der Waals surface area contributed by atoms with Crippen molar-refractivity contribution in [2.75, 3.05) is 0 Å². The van der Waals surface area contributed by atoms with Crippen LogP contribution in [0.4, 0.5) is 0 Å². The minimum atomic E-state index is -0.512. The first-order chi connectivity index (χ1) is 9.38. The molecule has 6 heteroatoms. The molecule has 0 radical (unpaired) electrons. The zero-order valence-corrected chi connectivity index (χ0v) is 13.0. The third kappa shape index (κ3) is 3.45. The summed E-state index contributed by atoms with van der Waals surface area (Å²) in [6.07, 6.45) is 0.666. The molecule has 0 spiro atoms. The minimum Gasteiger partial charge on any atom is -0.342 e. The first kappa shape index (κ1) is 14.7. The Bertz CT molecular complexity index is 564. The summed E-state index contributed by atoms with van der Waals surface area (Å²) in [4.78, 5) is 23.2. The van der Waals surface area contributed by atoms with Crippen LogP contribution in [0.1, 0.15) is 32.3 Å². The first-order valence-electron chi connectivity index (χ1n) is 6.32. The second-order valence-corrected chi connectivity index (χ2v) is 6.10. The van der Waals surface area contributed by atoms with E-state index in [9.17, 15) is 9.59 Å². The van der Waals surface area contributed by atoms with E-state index in [4.69, 9.17) is 0 Å². The Morgan fingerprint density at radius 2 is 1.95 bits per heavy atom. The van der Waals surface area contributed by atoms with Gasteiger partial charge in [0.05, 0.1) is 5.54 Å². The van der Waals surface area contributed by atoms with Crippen molar-refractivity contribution in [3.63, 3.8) is 0 Å². The smallest absolute Gasteiger partial charge is 0.268 e. The van der Waals surface area contributed by atoms with E-state index in [-0.39, 0.29) is 11.8 Å². The van der Waals surface area contributed by atoms with E-state index in [1.165, 1.54) is 0 Å². The van der Waals surface area contributed by atoms with E-state index in [0.29, 0.717) is 18.6 Å². The molecule has 5 nitrogen and oxygen atoms in total. The molecule has 0 saturated heterocycles. The standard InChI is InChI=1S/C14H16BrN3O2/c1-14(2,9-3-5-10(15)6-4-9)16-13(20)11-7-8-12(19)18-17-11/h3-6H,7-8H2,1-2H3,(H,16,20)(H,18,19). The summed E-state index contributed by atoms with van der Waals surface area (Å²) in [6, 6.07) is 7.77. The van der Waals surface area contributed by atoms with Gasteiger partial charge < -0.3 is 5.32 Å². The lowest BCUT2D eigenvalue weighted by atomic mass is 9.94. The number of nitrogens with one attached hydrogen (secondary N) is 2. The molecule has 2 rings (SSSR count). The van der Waals surface area contributed by atoms with Gasteiger partial charge in [-0.1, -0.05) is 28.1 Å². The number of hydrogen-bond donors (Lipinski definition) is 2. The lowest BCUT2D eigenvalue weighted by Crippen LogP contribution is -2.46. The molecule has 0 aliphatic carbocycles. The summed E-state index contributed by atoms with van der Waals surface area (Å²) in [5, 5.41) is 6.74. The van der Waals surface area contributed by atoms with Crippen molar-refractivity contribution >= 4 is 33.5 Å². The number of hydrazone groups is 1. The van der Waals surface area contributed by atoms with Crippen LogP contribution in [0.15, 0.2) is 33.8 Å². The Labute approximate surface area is 126 Å². The zero-order valence-electron chi connectivity index (χ0n) is 11.4. The number of carbonyl (C=O) groups is 2. The fourth-order valence-corrected chi connectivity index (χ4v) is 2.20. The Hall–Kier alpha value is -1.69. The van der Waals surface area contributed by atoms with Crippen LogP contribution in [0.3, 0.4) is 0 Å². The summed E-state index contributed by atoms with van der Waals surface area (Å²) >= 11 is 3.38. The maximum Gasteiger partial charge on any atom is 0.268 e. The Balaban J connectivity index is 2.09. The highest BCUT2D eigenvalue weighted by Crippen LogP contribution is 2.22. The lowest BCUT2D eigenvalue weighted by molar-refractivity contribution is -0.121. The number of rotatable bonds is 3.